The van der Waals surface area contributed by atoms with Crippen LogP contribution in [0.4, 0.5) is 0 Å². The lowest BCUT2D eigenvalue weighted by molar-refractivity contribution is -0.122. The topological polar surface area (TPSA) is 67.6 Å². The van der Waals surface area contributed by atoms with Crippen molar-refractivity contribution in [2.24, 2.45) is 11.7 Å². The summed E-state index contributed by atoms with van der Waals surface area (Å²) in [6, 6.07) is 8.67. The number of nitrogens with one attached hydrogen (secondary N) is 1. The monoisotopic (exact) mass is 431 g/mol. The van der Waals surface area contributed by atoms with E-state index in [1.54, 1.807) is 7.11 Å². The number of halogens is 2. The van der Waals surface area contributed by atoms with Gasteiger partial charge in [-0.1, -0.05) is 25.0 Å². The van der Waals surface area contributed by atoms with Gasteiger partial charge < -0.3 is 15.8 Å². The number of carbonyl (C=O) groups is 1. The van der Waals surface area contributed by atoms with E-state index >= 15 is 0 Å². The van der Waals surface area contributed by atoms with Gasteiger partial charge in [-0.3, -0.25) is 9.69 Å². The molecule has 1 aliphatic carbocycles. The van der Waals surface area contributed by atoms with Crippen molar-refractivity contribution in [1.29, 1.82) is 0 Å². The van der Waals surface area contributed by atoms with Gasteiger partial charge in [0.1, 0.15) is 5.75 Å². The van der Waals surface area contributed by atoms with Gasteiger partial charge in [0.2, 0.25) is 5.91 Å². The minimum atomic E-state index is 0. The molecule has 1 unspecified atom stereocenters. The minimum absolute atomic E-state index is 0. The SMILES string of the molecule is COc1ccc(C(CNC(=O)C[C@@H]2CCC[C@H]2N)N2CCCCC2)cc1.Cl.Cl. The highest BCUT2D eigenvalue weighted by molar-refractivity contribution is 5.85. The summed E-state index contributed by atoms with van der Waals surface area (Å²) < 4.78 is 5.28. The van der Waals surface area contributed by atoms with Gasteiger partial charge in [0.05, 0.1) is 13.2 Å². The zero-order chi connectivity index (χ0) is 18.4. The Morgan fingerprint density at radius 1 is 1.14 bits per heavy atom. The summed E-state index contributed by atoms with van der Waals surface area (Å²) >= 11 is 0. The van der Waals surface area contributed by atoms with Crippen molar-refractivity contribution < 1.29 is 9.53 Å². The highest BCUT2D eigenvalue weighted by Crippen LogP contribution is 2.28. The van der Waals surface area contributed by atoms with Crippen LogP contribution in [0.25, 0.3) is 0 Å². The van der Waals surface area contributed by atoms with Crippen molar-refractivity contribution in [1.82, 2.24) is 10.2 Å². The largest absolute Gasteiger partial charge is 0.497 e. The van der Waals surface area contributed by atoms with E-state index in [0.29, 0.717) is 18.9 Å². The van der Waals surface area contributed by atoms with Gasteiger partial charge in [-0.15, -0.1) is 24.8 Å². The normalized spacial score (nSPS) is 23.2. The van der Waals surface area contributed by atoms with Crippen LogP contribution in [0.3, 0.4) is 0 Å². The van der Waals surface area contributed by atoms with Gasteiger partial charge in [-0.2, -0.15) is 0 Å². The van der Waals surface area contributed by atoms with E-state index in [0.717, 1.165) is 38.1 Å². The average Bonchev–Trinajstić information content (AvgIpc) is 3.08. The van der Waals surface area contributed by atoms with Crippen LogP contribution in [0, 0.1) is 5.92 Å². The summed E-state index contributed by atoms with van der Waals surface area (Å²) in [4.78, 5) is 15.0. The van der Waals surface area contributed by atoms with Crippen molar-refractivity contribution >= 4 is 30.7 Å². The summed E-state index contributed by atoms with van der Waals surface area (Å²) in [7, 11) is 1.69. The average molecular weight is 432 g/mol. The number of piperidine rings is 1. The number of amides is 1. The first-order chi connectivity index (χ1) is 12.7. The molecular weight excluding hydrogens is 397 g/mol. The Hall–Kier alpha value is -1.01. The number of carbonyl (C=O) groups excluding carboxylic acids is 1. The zero-order valence-electron chi connectivity index (χ0n) is 16.8. The van der Waals surface area contributed by atoms with Crippen molar-refractivity contribution in [2.75, 3.05) is 26.7 Å². The molecular formula is C21H35Cl2N3O2. The molecule has 1 aromatic carbocycles. The molecule has 2 aliphatic rings. The zero-order valence-corrected chi connectivity index (χ0v) is 18.4. The molecule has 7 heteroatoms. The maximum atomic E-state index is 12.5. The third kappa shape index (κ3) is 6.80. The van der Waals surface area contributed by atoms with Gasteiger partial charge in [0.15, 0.2) is 0 Å². The molecule has 5 nitrogen and oxygen atoms in total. The number of ether oxygens (including phenoxy) is 1. The molecule has 0 bridgehead atoms. The molecule has 1 aliphatic heterocycles. The number of likely N-dealkylation sites (tertiary alicyclic amines) is 1. The van der Waals surface area contributed by atoms with Crippen LogP contribution in [0.15, 0.2) is 24.3 Å². The molecule has 3 rings (SSSR count). The Balaban J connectivity index is 0.00000196. The Morgan fingerprint density at radius 2 is 1.82 bits per heavy atom. The number of rotatable bonds is 7. The quantitative estimate of drug-likeness (QED) is 0.690. The standard InChI is InChI=1S/C21H33N3O2.2ClH/c1-26-18-10-8-16(9-11-18)20(24-12-3-2-4-13-24)15-23-21(25)14-17-6-5-7-19(17)22;;/h8-11,17,19-20H,2-7,12-15,22H2,1H3,(H,23,25);2*1H/t17-,19+,20?;;/m0../s1. The Bertz CT molecular complexity index is 580. The number of benzene rings is 1. The van der Waals surface area contributed by atoms with Gasteiger partial charge in [-0.25, -0.2) is 0 Å². The molecule has 1 saturated heterocycles. The number of hydrogen-bond acceptors (Lipinski definition) is 4. The number of methoxy groups -OCH3 is 1. The van der Waals surface area contributed by atoms with Gasteiger partial charge >= 0.3 is 0 Å². The van der Waals surface area contributed by atoms with E-state index in [9.17, 15) is 4.79 Å². The fraction of sp³-hybridized carbons (Fsp3) is 0.667. The number of hydrogen-bond donors (Lipinski definition) is 2. The predicted molar refractivity (Wildman–Crippen MR) is 119 cm³/mol. The van der Waals surface area contributed by atoms with Crippen LogP contribution >= 0.6 is 24.8 Å². The summed E-state index contributed by atoms with van der Waals surface area (Å²) in [6.07, 6.45) is 7.63. The third-order valence-electron chi connectivity index (χ3n) is 5.99. The summed E-state index contributed by atoms with van der Waals surface area (Å²) in [6.45, 7) is 2.85. The number of nitrogens with two attached hydrogens (primary N) is 1. The highest BCUT2D eigenvalue weighted by atomic mass is 35.5. The van der Waals surface area contributed by atoms with E-state index < -0.39 is 0 Å². The minimum Gasteiger partial charge on any atom is -0.497 e. The molecule has 1 saturated carbocycles. The van der Waals surface area contributed by atoms with Crippen molar-refractivity contribution in [3.8, 4) is 5.75 Å². The molecule has 160 valence electrons. The number of nitrogens with zero attached hydrogens (tertiary/aromatic N) is 1. The van der Waals surface area contributed by atoms with Crippen molar-refractivity contribution in [3.63, 3.8) is 0 Å². The first-order valence-corrected chi connectivity index (χ1v) is 10.1. The molecule has 3 N–H and O–H groups in total. The lowest BCUT2D eigenvalue weighted by Gasteiger charge is -2.35. The summed E-state index contributed by atoms with van der Waals surface area (Å²) in [5.41, 5.74) is 7.36. The Labute approximate surface area is 181 Å². The van der Waals surface area contributed by atoms with Crippen molar-refractivity contribution in [3.05, 3.63) is 29.8 Å². The van der Waals surface area contributed by atoms with Gasteiger partial charge in [0, 0.05) is 19.0 Å². The van der Waals surface area contributed by atoms with E-state index in [1.807, 2.05) is 12.1 Å². The first kappa shape index (κ1) is 25.0. The molecule has 1 amide bonds. The molecule has 1 heterocycles. The molecule has 0 aromatic heterocycles. The van der Waals surface area contributed by atoms with Crippen molar-refractivity contribution in [2.45, 2.75) is 57.0 Å². The van der Waals surface area contributed by atoms with Crippen LogP contribution in [0.1, 0.15) is 56.6 Å². The van der Waals surface area contributed by atoms with Crippen LogP contribution in [-0.4, -0.2) is 43.6 Å². The van der Waals surface area contributed by atoms with Crippen LogP contribution in [-0.2, 0) is 4.79 Å². The predicted octanol–water partition coefficient (Wildman–Crippen LogP) is 3.70. The lowest BCUT2D eigenvalue weighted by atomic mass is 9.99. The smallest absolute Gasteiger partial charge is 0.220 e. The second-order valence-electron chi connectivity index (χ2n) is 7.75. The molecule has 1 aromatic rings. The van der Waals surface area contributed by atoms with E-state index in [4.69, 9.17) is 10.5 Å². The fourth-order valence-electron chi connectivity index (χ4n) is 4.35. The molecule has 3 atom stereocenters. The third-order valence-corrected chi connectivity index (χ3v) is 5.99. The summed E-state index contributed by atoms with van der Waals surface area (Å²) in [5.74, 6) is 1.36. The van der Waals surface area contributed by atoms with Gasteiger partial charge in [-0.05, 0) is 62.4 Å². The first-order valence-electron chi connectivity index (χ1n) is 10.1. The maximum Gasteiger partial charge on any atom is 0.220 e. The maximum absolute atomic E-state index is 12.5. The second-order valence-corrected chi connectivity index (χ2v) is 7.75. The Kier molecular flexibility index (Phi) is 11.2. The van der Waals surface area contributed by atoms with E-state index in [1.165, 1.54) is 24.8 Å². The molecule has 28 heavy (non-hydrogen) atoms. The van der Waals surface area contributed by atoms with Gasteiger partial charge in [0.25, 0.3) is 0 Å². The Morgan fingerprint density at radius 3 is 2.39 bits per heavy atom. The highest BCUT2D eigenvalue weighted by Gasteiger charge is 2.27. The van der Waals surface area contributed by atoms with Crippen LogP contribution in [0.2, 0.25) is 0 Å². The van der Waals surface area contributed by atoms with Crippen LogP contribution in [0.5, 0.6) is 5.75 Å². The fourth-order valence-corrected chi connectivity index (χ4v) is 4.35. The molecule has 0 radical (unpaired) electrons. The van der Waals surface area contributed by atoms with E-state index in [-0.39, 0.29) is 42.8 Å². The van der Waals surface area contributed by atoms with E-state index in [2.05, 4.69) is 22.3 Å². The molecule has 0 spiro atoms. The summed E-state index contributed by atoms with van der Waals surface area (Å²) in [5, 5.41) is 3.19. The lowest BCUT2D eigenvalue weighted by Crippen LogP contribution is -2.41. The van der Waals surface area contributed by atoms with Crippen LogP contribution < -0.4 is 15.8 Å². The molecule has 2 fully saturated rings. The second kappa shape index (κ2) is 12.5.